The van der Waals surface area contributed by atoms with E-state index in [1.54, 1.807) is 26.2 Å². The molecule has 0 radical (unpaired) electrons. The molecule has 53 heavy (non-hydrogen) atoms. The highest BCUT2D eigenvalue weighted by Gasteiger charge is 2.47. The summed E-state index contributed by atoms with van der Waals surface area (Å²) in [5.41, 5.74) is 0.923. The molecule has 290 valence electrons. The van der Waals surface area contributed by atoms with Crippen LogP contribution in [-0.4, -0.2) is 72.3 Å². The van der Waals surface area contributed by atoms with Gasteiger partial charge in [-0.25, -0.2) is 14.6 Å². The second-order valence-corrected chi connectivity index (χ2v) is 22.7. The van der Waals surface area contributed by atoms with Crippen molar-refractivity contribution in [2.45, 2.75) is 136 Å². The Labute approximate surface area is 320 Å². The van der Waals surface area contributed by atoms with Crippen molar-refractivity contribution in [3.63, 3.8) is 0 Å². The van der Waals surface area contributed by atoms with Gasteiger partial charge in [-0.1, -0.05) is 51.1 Å². The van der Waals surface area contributed by atoms with Gasteiger partial charge < -0.3 is 24.0 Å². The third-order valence-electron chi connectivity index (χ3n) is 9.20. The normalized spacial score (nSPS) is 17.2. The topological polar surface area (TPSA) is 128 Å². The first-order valence-corrected chi connectivity index (χ1v) is 22.1. The van der Waals surface area contributed by atoms with E-state index in [0.29, 0.717) is 29.5 Å². The van der Waals surface area contributed by atoms with E-state index in [1.807, 2.05) is 80.3 Å². The number of hydrogen-bond donors (Lipinski definition) is 2. The number of carbonyl (C=O) groups excluding carboxylic acids is 3. The van der Waals surface area contributed by atoms with Crippen LogP contribution in [0.25, 0.3) is 0 Å². The summed E-state index contributed by atoms with van der Waals surface area (Å²) < 4.78 is 24.6. The highest BCUT2D eigenvalue weighted by Crippen LogP contribution is 2.40. The number of nitrogens with zero attached hydrogens (tertiary/aromatic N) is 2. The molecular formula is C40H58N4O7SSi. The molecule has 1 aliphatic heterocycles. The summed E-state index contributed by atoms with van der Waals surface area (Å²) in [6, 6.07) is 17.0. The average molecular weight is 767 g/mol. The highest BCUT2D eigenvalue weighted by atomic mass is 32.1. The fourth-order valence-corrected chi connectivity index (χ4v) is 7.78. The number of benzene rings is 2. The molecule has 13 heteroatoms. The third kappa shape index (κ3) is 12.9. The lowest BCUT2D eigenvalue weighted by atomic mass is 10.0. The molecule has 0 saturated carbocycles. The second kappa shape index (κ2) is 17.0. The first kappa shape index (κ1) is 41.8. The van der Waals surface area contributed by atoms with Gasteiger partial charge in [-0.2, -0.15) is 0 Å². The highest BCUT2D eigenvalue weighted by molar-refractivity contribution is 7.13. The summed E-state index contributed by atoms with van der Waals surface area (Å²) in [7, 11) is -2.26. The van der Waals surface area contributed by atoms with Gasteiger partial charge in [0.2, 0.25) is 5.91 Å². The maximum absolute atomic E-state index is 14.0. The minimum Gasteiger partial charge on any atom is -0.491 e. The van der Waals surface area contributed by atoms with Crippen LogP contribution in [0.15, 0.2) is 60.0 Å². The molecule has 2 aromatic carbocycles. The van der Waals surface area contributed by atoms with E-state index in [1.165, 1.54) is 11.3 Å². The number of para-hydroxylation sites is 1. The minimum absolute atomic E-state index is 0.0357. The Morgan fingerprint density at radius 3 is 2.13 bits per heavy atom. The number of rotatable bonds is 12. The number of hydrogen-bond acceptors (Lipinski definition) is 9. The van der Waals surface area contributed by atoms with Crippen molar-refractivity contribution in [3.8, 4) is 5.75 Å². The molecule has 3 amide bonds. The molecule has 0 bridgehead atoms. The van der Waals surface area contributed by atoms with Gasteiger partial charge in [-0.05, 0) is 109 Å². The SMILES string of the molecule is CC(C)(C)OC(=O)Nc1nc(CC(=O)Nc2ccc(C[C@@H]3CC[C@H]([C@@H](COc4ccccc4)O[Si](C)(C)C(C)(C)C)N3C(=O)OC(C)(C)C)cc2)cs1. The van der Waals surface area contributed by atoms with Crippen molar-refractivity contribution in [2.75, 3.05) is 17.2 Å². The zero-order valence-electron chi connectivity index (χ0n) is 33.2. The van der Waals surface area contributed by atoms with E-state index in [0.717, 1.165) is 24.2 Å². The summed E-state index contributed by atoms with van der Waals surface area (Å²) in [5, 5.41) is 7.60. The first-order valence-electron chi connectivity index (χ1n) is 18.3. The van der Waals surface area contributed by atoms with Crippen LogP contribution in [-0.2, 0) is 31.5 Å². The quantitative estimate of drug-likeness (QED) is 0.175. The Morgan fingerprint density at radius 2 is 1.53 bits per heavy atom. The molecule has 3 aromatic rings. The van der Waals surface area contributed by atoms with Gasteiger partial charge in [0.1, 0.15) is 23.6 Å². The van der Waals surface area contributed by atoms with Crippen LogP contribution in [0.1, 0.15) is 86.4 Å². The predicted molar refractivity (Wildman–Crippen MR) is 213 cm³/mol. The summed E-state index contributed by atoms with van der Waals surface area (Å²) in [6.07, 6.45) is 0.889. The summed E-state index contributed by atoms with van der Waals surface area (Å²) in [4.78, 5) is 45.2. The van der Waals surface area contributed by atoms with E-state index in [2.05, 4.69) is 49.5 Å². The van der Waals surface area contributed by atoms with Gasteiger partial charge in [-0.3, -0.25) is 15.0 Å². The van der Waals surface area contributed by atoms with Crippen molar-refractivity contribution in [2.24, 2.45) is 0 Å². The molecule has 1 fully saturated rings. The Bertz CT molecular complexity index is 1680. The van der Waals surface area contributed by atoms with Crippen molar-refractivity contribution >= 4 is 48.6 Å². The molecule has 2 N–H and O–H groups in total. The fraction of sp³-hybridized carbons (Fsp3) is 0.550. The molecule has 1 aromatic heterocycles. The van der Waals surface area contributed by atoms with Crippen molar-refractivity contribution in [3.05, 3.63) is 71.2 Å². The lowest BCUT2D eigenvalue weighted by Crippen LogP contribution is -2.55. The van der Waals surface area contributed by atoms with Crippen LogP contribution in [0.5, 0.6) is 5.75 Å². The number of amides is 3. The molecule has 0 spiro atoms. The van der Waals surface area contributed by atoms with Gasteiger partial charge in [-0.15, -0.1) is 11.3 Å². The lowest BCUT2D eigenvalue weighted by molar-refractivity contribution is -0.115. The molecule has 0 aliphatic carbocycles. The Kier molecular flexibility index (Phi) is 13.4. The minimum atomic E-state index is -2.26. The maximum atomic E-state index is 14.0. The van der Waals surface area contributed by atoms with Crippen molar-refractivity contribution in [1.29, 1.82) is 0 Å². The first-order chi connectivity index (χ1) is 24.6. The lowest BCUT2D eigenvalue weighted by Gasteiger charge is -2.43. The largest absolute Gasteiger partial charge is 0.491 e. The molecule has 11 nitrogen and oxygen atoms in total. The summed E-state index contributed by atoms with van der Waals surface area (Å²) in [6.45, 7) is 22.4. The number of anilines is 2. The van der Waals surface area contributed by atoms with Crippen LogP contribution in [0.3, 0.4) is 0 Å². The van der Waals surface area contributed by atoms with Gasteiger partial charge in [0.25, 0.3) is 0 Å². The van der Waals surface area contributed by atoms with Crippen molar-refractivity contribution < 1.29 is 33.0 Å². The number of carbonyl (C=O) groups is 3. The second-order valence-electron chi connectivity index (χ2n) is 17.1. The number of ether oxygens (including phenoxy) is 3. The number of thiazole rings is 1. The summed E-state index contributed by atoms with van der Waals surface area (Å²) in [5.74, 6) is 0.528. The zero-order chi connectivity index (χ0) is 39.2. The number of likely N-dealkylation sites (tertiary alicyclic amines) is 1. The zero-order valence-corrected chi connectivity index (χ0v) is 35.0. The molecule has 2 heterocycles. The van der Waals surface area contributed by atoms with Crippen molar-refractivity contribution in [1.82, 2.24) is 9.88 Å². The maximum Gasteiger partial charge on any atom is 0.413 e. The number of aromatic nitrogens is 1. The van der Waals surface area contributed by atoms with Gasteiger partial charge in [0.05, 0.1) is 24.3 Å². The van der Waals surface area contributed by atoms with Gasteiger partial charge in [0, 0.05) is 17.1 Å². The molecular weight excluding hydrogens is 709 g/mol. The fourth-order valence-electron chi connectivity index (χ4n) is 5.75. The van der Waals surface area contributed by atoms with E-state index < -0.39 is 25.6 Å². The average Bonchev–Trinajstić information content (AvgIpc) is 3.64. The molecule has 1 saturated heterocycles. The van der Waals surface area contributed by atoms with Crippen LogP contribution >= 0.6 is 11.3 Å². The van der Waals surface area contributed by atoms with Gasteiger partial charge >= 0.3 is 12.2 Å². The Balaban J connectivity index is 1.46. The Morgan fingerprint density at radius 1 is 0.887 bits per heavy atom. The van der Waals surface area contributed by atoms with E-state index >= 15 is 0 Å². The molecule has 4 rings (SSSR count). The molecule has 3 atom stereocenters. The van der Waals surface area contributed by atoms with Crippen LogP contribution in [0.2, 0.25) is 18.1 Å². The predicted octanol–water partition coefficient (Wildman–Crippen LogP) is 9.45. The van der Waals surface area contributed by atoms with E-state index in [4.69, 9.17) is 18.6 Å². The van der Waals surface area contributed by atoms with Crippen LogP contribution in [0.4, 0.5) is 20.4 Å². The standard InChI is InChI=1S/C40H58N4O7SSi/c1-38(2,3)49-36(46)43-35-42-29(26-52-35)24-34(45)41-28-19-17-27(18-20-28)23-30-21-22-32(44(30)37(47)50-39(4,5)6)33(51-53(10,11)40(7,8)9)25-48-31-15-13-12-14-16-31/h12-20,26,30,32-33H,21-25H2,1-11H3,(H,41,45)(H,42,43,46)/t30-,32+,33+/m0/s1. The van der Waals surface area contributed by atoms with Crippen LogP contribution in [0, 0.1) is 0 Å². The van der Waals surface area contributed by atoms with Gasteiger partial charge in [0.15, 0.2) is 13.4 Å². The summed E-state index contributed by atoms with van der Waals surface area (Å²) >= 11 is 1.23. The van der Waals surface area contributed by atoms with E-state index in [9.17, 15) is 14.4 Å². The molecule has 1 aliphatic rings. The Hall–Kier alpha value is -3.94. The van der Waals surface area contributed by atoms with Crippen LogP contribution < -0.4 is 15.4 Å². The third-order valence-corrected chi connectivity index (χ3v) is 14.5. The monoisotopic (exact) mass is 766 g/mol. The smallest absolute Gasteiger partial charge is 0.413 e. The van der Waals surface area contributed by atoms with E-state index in [-0.39, 0.29) is 41.6 Å². The number of nitrogens with one attached hydrogen (secondary N) is 2. The molecule has 0 unspecified atom stereocenters.